The largest absolute Gasteiger partial charge is 0.298 e. The van der Waals surface area contributed by atoms with Crippen molar-refractivity contribution < 1.29 is 18.0 Å². The summed E-state index contributed by atoms with van der Waals surface area (Å²) >= 11 is 0.959. The highest BCUT2D eigenvalue weighted by atomic mass is 32.2. The lowest BCUT2D eigenvalue weighted by atomic mass is 10.2. The number of halogens is 3. The van der Waals surface area contributed by atoms with Gasteiger partial charge in [-0.25, -0.2) is 13.2 Å². The molecule has 92 valence electrons. The summed E-state index contributed by atoms with van der Waals surface area (Å²) in [6.45, 7) is 0. The van der Waals surface area contributed by atoms with Gasteiger partial charge in [-0.2, -0.15) is 0 Å². The van der Waals surface area contributed by atoms with Crippen molar-refractivity contribution in [1.29, 1.82) is 0 Å². The maximum atomic E-state index is 13.6. The van der Waals surface area contributed by atoms with Gasteiger partial charge in [-0.05, 0) is 30.3 Å². The smallest absolute Gasteiger partial charge is 0.159 e. The molecule has 2 aromatic rings. The maximum absolute atomic E-state index is 13.6. The van der Waals surface area contributed by atoms with Crippen molar-refractivity contribution in [1.82, 2.24) is 0 Å². The van der Waals surface area contributed by atoms with Crippen LogP contribution in [0.2, 0.25) is 0 Å². The summed E-state index contributed by atoms with van der Waals surface area (Å²) in [5.74, 6) is -2.50. The molecule has 0 amide bonds. The number of carbonyl (C=O) groups is 1. The lowest BCUT2D eigenvalue weighted by Crippen LogP contribution is -1.87. The summed E-state index contributed by atoms with van der Waals surface area (Å²) in [6.07, 6.45) is 0.537. The van der Waals surface area contributed by atoms with Gasteiger partial charge in [0.1, 0.15) is 12.1 Å². The lowest BCUT2D eigenvalue weighted by molar-refractivity contribution is 0.112. The van der Waals surface area contributed by atoms with E-state index < -0.39 is 17.5 Å². The highest BCUT2D eigenvalue weighted by Gasteiger charge is 2.08. The first-order valence-corrected chi connectivity index (χ1v) is 5.79. The Hall–Kier alpha value is -1.75. The van der Waals surface area contributed by atoms with Gasteiger partial charge in [-0.15, -0.1) is 0 Å². The van der Waals surface area contributed by atoms with Gasteiger partial charge >= 0.3 is 0 Å². The molecule has 0 saturated heterocycles. The maximum Gasteiger partial charge on any atom is 0.159 e. The van der Waals surface area contributed by atoms with E-state index in [1.165, 1.54) is 18.2 Å². The molecular weight excluding hydrogens is 261 g/mol. The first-order valence-electron chi connectivity index (χ1n) is 4.98. The molecule has 0 aromatic heterocycles. The Balaban J connectivity index is 2.28. The Morgan fingerprint density at radius 1 is 0.889 bits per heavy atom. The molecule has 2 aromatic carbocycles. The van der Waals surface area contributed by atoms with E-state index in [0.29, 0.717) is 11.2 Å². The fourth-order valence-electron chi connectivity index (χ4n) is 1.34. The molecule has 18 heavy (non-hydrogen) atoms. The summed E-state index contributed by atoms with van der Waals surface area (Å²) in [7, 11) is 0. The van der Waals surface area contributed by atoms with E-state index in [2.05, 4.69) is 0 Å². The van der Waals surface area contributed by atoms with Gasteiger partial charge in [0.05, 0.1) is 0 Å². The fraction of sp³-hybridized carbons (Fsp3) is 0. The van der Waals surface area contributed by atoms with Crippen LogP contribution in [0, 0.1) is 17.5 Å². The first-order chi connectivity index (χ1) is 8.60. The van der Waals surface area contributed by atoms with Crippen LogP contribution < -0.4 is 0 Å². The third kappa shape index (κ3) is 2.73. The van der Waals surface area contributed by atoms with Crippen molar-refractivity contribution in [2.45, 2.75) is 9.79 Å². The lowest BCUT2D eigenvalue weighted by Gasteiger charge is -2.04. The summed E-state index contributed by atoms with van der Waals surface area (Å²) in [5.41, 5.74) is 0.224. The van der Waals surface area contributed by atoms with Crippen LogP contribution in [0.1, 0.15) is 10.4 Å². The second-order valence-electron chi connectivity index (χ2n) is 3.49. The van der Waals surface area contributed by atoms with E-state index in [9.17, 15) is 18.0 Å². The van der Waals surface area contributed by atoms with Crippen molar-refractivity contribution in [3.05, 3.63) is 59.4 Å². The molecule has 0 atom stereocenters. The zero-order chi connectivity index (χ0) is 13.1. The molecule has 0 radical (unpaired) electrons. The summed E-state index contributed by atoms with van der Waals surface area (Å²) < 4.78 is 39.2. The Kier molecular flexibility index (Phi) is 3.72. The minimum absolute atomic E-state index is 0.224. The van der Waals surface area contributed by atoms with Gasteiger partial charge in [0.15, 0.2) is 11.6 Å². The van der Waals surface area contributed by atoms with Crippen LogP contribution in [-0.4, -0.2) is 6.29 Å². The van der Waals surface area contributed by atoms with Crippen molar-refractivity contribution in [3.8, 4) is 0 Å². The molecule has 2 rings (SSSR count). The van der Waals surface area contributed by atoms with Gasteiger partial charge in [0, 0.05) is 15.4 Å². The van der Waals surface area contributed by atoms with Crippen LogP contribution in [0.5, 0.6) is 0 Å². The van der Waals surface area contributed by atoms with Crippen molar-refractivity contribution >= 4 is 18.0 Å². The SMILES string of the molecule is O=Cc1ccc(Sc2ccc(F)c(F)c2)c(F)c1. The molecule has 0 aliphatic rings. The molecule has 0 spiro atoms. The van der Waals surface area contributed by atoms with E-state index in [1.54, 1.807) is 0 Å². The van der Waals surface area contributed by atoms with Crippen LogP contribution >= 0.6 is 11.8 Å². The quantitative estimate of drug-likeness (QED) is 0.781. The number of hydrogen-bond donors (Lipinski definition) is 0. The van der Waals surface area contributed by atoms with Crippen LogP contribution in [0.3, 0.4) is 0 Å². The third-order valence-electron chi connectivity index (χ3n) is 2.21. The summed E-state index contributed by atoms with van der Waals surface area (Å²) in [6, 6.07) is 7.30. The van der Waals surface area contributed by atoms with Crippen LogP contribution in [0.4, 0.5) is 13.2 Å². The third-order valence-corrected chi connectivity index (χ3v) is 3.25. The van der Waals surface area contributed by atoms with Gasteiger partial charge in [-0.3, -0.25) is 4.79 Å². The molecule has 0 unspecified atom stereocenters. The first kappa shape index (κ1) is 12.7. The minimum Gasteiger partial charge on any atom is -0.298 e. The van der Waals surface area contributed by atoms with Crippen molar-refractivity contribution in [3.63, 3.8) is 0 Å². The number of carbonyl (C=O) groups excluding carboxylic acids is 1. The van der Waals surface area contributed by atoms with Gasteiger partial charge in [0.2, 0.25) is 0 Å². The van der Waals surface area contributed by atoms with E-state index >= 15 is 0 Å². The Labute approximate surface area is 106 Å². The second kappa shape index (κ2) is 5.27. The highest BCUT2D eigenvalue weighted by Crippen LogP contribution is 2.30. The van der Waals surface area contributed by atoms with Gasteiger partial charge in [0.25, 0.3) is 0 Å². The van der Waals surface area contributed by atoms with Crippen molar-refractivity contribution in [2.24, 2.45) is 0 Å². The van der Waals surface area contributed by atoms with Gasteiger partial charge < -0.3 is 0 Å². The molecule has 0 aliphatic heterocycles. The molecule has 5 heteroatoms. The van der Waals surface area contributed by atoms with E-state index in [-0.39, 0.29) is 10.5 Å². The predicted molar refractivity (Wildman–Crippen MR) is 62.3 cm³/mol. The molecule has 0 saturated carbocycles. The number of rotatable bonds is 3. The number of hydrogen-bond acceptors (Lipinski definition) is 2. The van der Waals surface area contributed by atoms with Crippen LogP contribution in [0.25, 0.3) is 0 Å². The number of aldehydes is 1. The average molecular weight is 268 g/mol. The van der Waals surface area contributed by atoms with E-state index in [1.807, 2.05) is 0 Å². The zero-order valence-corrected chi connectivity index (χ0v) is 9.81. The summed E-state index contributed by atoms with van der Waals surface area (Å²) in [5, 5.41) is 0. The Morgan fingerprint density at radius 3 is 2.28 bits per heavy atom. The predicted octanol–water partition coefficient (Wildman–Crippen LogP) is 4.07. The Morgan fingerprint density at radius 2 is 1.67 bits per heavy atom. The molecule has 0 aliphatic carbocycles. The van der Waals surface area contributed by atoms with E-state index in [4.69, 9.17) is 0 Å². The molecule has 0 bridgehead atoms. The molecule has 0 N–H and O–H groups in total. The second-order valence-corrected chi connectivity index (χ2v) is 4.60. The Bertz CT molecular complexity index is 599. The van der Waals surface area contributed by atoms with Gasteiger partial charge in [-0.1, -0.05) is 17.8 Å². The van der Waals surface area contributed by atoms with Crippen LogP contribution in [0.15, 0.2) is 46.2 Å². The van der Waals surface area contributed by atoms with Crippen LogP contribution in [-0.2, 0) is 0 Å². The normalized spacial score (nSPS) is 10.4. The molecule has 1 nitrogen and oxygen atoms in total. The summed E-state index contributed by atoms with van der Waals surface area (Å²) in [4.78, 5) is 11.1. The average Bonchev–Trinajstić information content (AvgIpc) is 2.36. The monoisotopic (exact) mass is 268 g/mol. The molecular formula is C13H7F3OS. The van der Waals surface area contributed by atoms with Crippen molar-refractivity contribution in [2.75, 3.05) is 0 Å². The molecule has 0 heterocycles. The van der Waals surface area contributed by atoms with E-state index in [0.717, 1.165) is 30.0 Å². The topological polar surface area (TPSA) is 17.1 Å². The molecule has 0 fully saturated rings. The zero-order valence-electron chi connectivity index (χ0n) is 8.99. The highest BCUT2D eigenvalue weighted by molar-refractivity contribution is 7.99. The standard InChI is InChI=1S/C13H7F3OS/c14-10-3-2-9(6-11(10)15)18-13-4-1-8(7-17)5-12(13)16/h1-7H. The minimum atomic E-state index is -0.982. The fourth-order valence-corrected chi connectivity index (χ4v) is 2.19. The number of benzene rings is 2.